The van der Waals surface area contributed by atoms with Gasteiger partial charge in [0.1, 0.15) is 10.8 Å². The number of nitrogens with one attached hydrogen (secondary N) is 2. The Morgan fingerprint density at radius 2 is 1.96 bits per heavy atom. The topological polar surface area (TPSA) is 58.5 Å². The third kappa shape index (κ3) is 6.26. The van der Waals surface area contributed by atoms with Crippen LogP contribution in [0.2, 0.25) is 0 Å². The van der Waals surface area contributed by atoms with Crippen LogP contribution in [0.3, 0.4) is 0 Å². The second kappa shape index (κ2) is 8.70. The smallest absolute Gasteiger partial charge is 0.405 e. The average Bonchev–Trinajstić information content (AvgIpc) is 3.03. The zero-order chi connectivity index (χ0) is 18.3. The van der Waals surface area contributed by atoms with Crippen molar-refractivity contribution in [3.8, 4) is 5.75 Å². The SMILES string of the molecule is CCc1cnc(CNC(=NC)NCc2ccccc2OC(F)(F)F)s1. The Hall–Kier alpha value is -2.29. The molecule has 1 aromatic carbocycles. The molecule has 9 heteroatoms. The van der Waals surface area contributed by atoms with Crippen molar-refractivity contribution < 1.29 is 17.9 Å². The van der Waals surface area contributed by atoms with Gasteiger partial charge in [-0.2, -0.15) is 0 Å². The molecule has 0 spiro atoms. The predicted molar refractivity (Wildman–Crippen MR) is 91.7 cm³/mol. The molecule has 1 aromatic heterocycles. The van der Waals surface area contributed by atoms with E-state index in [2.05, 4.69) is 32.3 Å². The van der Waals surface area contributed by atoms with E-state index < -0.39 is 6.36 Å². The van der Waals surface area contributed by atoms with Gasteiger partial charge in [-0.25, -0.2) is 4.98 Å². The van der Waals surface area contributed by atoms with Crippen molar-refractivity contribution in [3.63, 3.8) is 0 Å². The highest BCUT2D eigenvalue weighted by Crippen LogP contribution is 2.26. The Morgan fingerprint density at radius 3 is 2.60 bits per heavy atom. The number of aromatic nitrogens is 1. The Kier molecular flexibility index (Phi) is 6.63. The molecule has 0 aliphatic heterocycles. The van der Waals surface area contributed by atoms with E-state index in [4.69, 9.17) is 0 Å². The summed E-state index contributed by atoms with van der Waals surface area (Å²) in [5.41, 5.74) is 0.380. The molecule has 0 saturated carbocycles. The van der Waals surface area contributed by atoms with Gasteiger partial charge in [0.05, 0.1) is 6.54 Å². The summed E-state index contributed by atoms with van der Waals surface area (Å²) in [5.74, 6) is 0.237. The number of nitrogens with zero attached hydrogens (tertiary/aromatic N) is 2. The number of hydrogen-bond acceptors (Lipinski definition) is 4. The number of benzene rings is 1. The molecule has 0 bridgehead atoms. The van der Waals surface area contributed by atoms with Gasteiger partial charge >= 0.3 is 6.36 Å². The maximum atomic E-state index is 12.4. The van der Waals surface area contributed by atoms with E-state index in [9.17, 15) is 13.2 Å². The van der Waals surface area contributed by atoms with Crippen LogP contribution in [0.25, 0.3) is 0 Å². The summed E-state index contributed by atoms with van der Waals surface area (Å²) in [5, 5.41) is 6.97. The molecule has 2 rings (SSSR count). The van der Waals surface area contributed by atoms with Crippen LogP contribution in [0.1, 0.15) is 22.4 Å². The van der Waals surface area contributed by atoms with E-state index in [1.165, 1.54) is 17.0 Å². The number of rotatable bonds is 6. The van der Waals surface area contributed by atoms with Gasteiger partial charge in [0.2, 0.25) is 0 Å². The summed E-state index contributed by atoms with van der Waals surface area (Å²) in [6, 6.07) is 5.99. The van der Waals surface area contributed by atoms with Crippen molar-refractivity contribution >= 4 is 17.3 Å². The Labute approximate surface area is 148 Å². The van der Waals surface area contributed by atoms with Gasteiger partial charge in [-0.15, -0.1) is 24.5 Å². The molecule has 136 valence electrons. The molecule has 0 saturated heterocycles. The number of alkyl halides is 3. The Balaban J connectivity index is 1.92. The first-order valence-electron chi connectivity index (χ1n) is 7.63. The van der Waals surface area contributed by atoms with Crippen LogP contribution in [0.4, 0.5) is 13.2 Å². The minimum atomic E-state index is -4.72. The van der Waals surface area contributed by atoms with Gasteiger partial charge < -0.3 is 15.4 Å². The summed E-state index contributed by atoms with van der Waals surface area (Å²) in [7, 11) is 1.59. The van der Waals surface area contributed by atoms with Crippen molar-refractivity contribution in [2.24, 2.45) is 4.99 Å². The summed E-state index contributed by atoms with van der Waals surface area (Å²) >= 11 is 1.61. The van der Waals surface area contributed by atoms with Crippen LogP contribution >= 0.6 is 11.3 Å². The average molecular weight is 372 g/mol. The number of para-hydroxylation sites is 1. The van der Waals surface area contributed by atoms with E-state index in [-0.39, 0.29) is 12.3 Å². The lowest BCUT2D eigenvalue weighted by molar-refractivity contribution is -0.274. The summed E-state index contributed by atoms with van der Waals surface area (Å²) in [6.07, 6.45) is -1.96. The Bertz CT molecular complexity index is 715. The van der Waals surface area contributed by atoms with Crippen LogP contribution < -0.4 is 15.4 Å². The largest absolute Gasteiger partial charge is 0.573 e. The van der Waals surface area contributed by atoms with Gasteiger partial charge in [0, 0.05) is 30.2 Å². The lowest BCUT2D eigenvalue weighted by Gasteiger charge is -2.15. The van der Waals surface area contributed by atoms with Crippen molar-refractivity contribution in [2.75, 3.05) is 7.05 Å². The van der Waals surface area contributed by atoms with E-state index in [0.29, 0.717) is 18.1 Å². The molecule has 0 aliphatic rings. The van der Waals surface area contributed by atoms with Crippen LogP contribution in [0.5, 0.6) is 5.75 Å². The molecule has 0 unspecified atom stereocenters. The number of hydrogen-bond donors (Lipinski definition) is 2. The summed E-state index contributed by atoms with van der Waals surface area (Å²) in [4.78, 5) is 9.54. The van der Waals surface area contributed by atoms with Gasteiger partial charge in [0.25, 0.3) is 0 Å². The van der Waals surface area contributed by atoms with Gasteiger partial charge in [-0.05, 0) is 12.5 Å². The molecule has 0 atom stereocenters. The molecule has 1 heterocycles. The summed E-state index contributed by atoms with van der Waals surface area (Å²) in [6.45, 7) is 2.70. The lowest BCUT2D eigenvalue weighted by atomic mass is 10.2. The van der Waals surface area contributed by atoms with Gasteiger partial charge in [-0.1, -0.05) is 25.1 Å². The second-order valence-electron chi connectivity index (χ2n) is 5.01. The zero-order valence-corrected chi connectivity index (χ0v) is 14.7. The highest BCUT2D eigenvalue weighted by Gasteiger charge is 2.31. The third-order valence-electron chi connectivity index (χ3n) is 3.23. The molecular formula is C16H19F3N4OS. The molecule has 5 nitrogen and oxygen atoms in total. The molecule has 2 aromatic rings. The molecule has 0 amide bonds. The van der Waals surface area contributed by atoms with E-state index >= 15 is 0 Å². The zero-order valence-electron chi connectivity index (χ0n) is 13.9. The van der Waals surface area contributed by atoms with Crippen LogP contribution in [0, 0.1) is 0 Å². The Morgan fingerprint density at radius 1 is 1.24 bits per heavy atom. The monoisotopic (exact) mass is 372 g/mol. The van der Waals surface area contributed by atoms with Crippen LogP contribution in [0.15, 0.2) is 35.5 Å². The molecule has 0 radical (unpaired) electrons. The molecule has 25 heavy (non-hydrogen) atoms. The van der Waals surface area contributed by atoms with E-state index in [1.54, 1.807) is 30.5 Å². The van der Waals surface area contributed by atoms with Gasteiger partial charge in [0.15, 0.2) is 5.96 Å². The number of aryl methyl sites for hydroxylation is 1. The van der Waals surface area contributed by atoms with Gasteiger partial charge in [-0.3, -0.25) is 4.99 Å². The minimum absolute atomic E-state index is 0.143. The first-order valence-corrected chi connectivity index (χ1v) is 8.44. The second-order valence-corrected chi connectivity index (χ2v) is 6.21. The lowest BCUT2D eigenvalue weighted by Crippen LogP contribution is -2.36. The third-order valence-corrected chi connectivity index (χ3v) is 4.37. The first kappa shape index (κ1) is 19.0. The van der Waals surface area contributed by atoms with E-state index in [0.717, 1.165) is 11.4 Å². The van der Waals surface area contributed by atoms with Crippen molar-refractivity contribution in [1.82, 2.24) is 15.6 Å². The maximum Gasteiger partial charge on any atom is 0.573 e. The molecule has 2 N–H and O–H groups in total. The quantitative estimate of drug-likeness (QED) is 0.602. The first-order chi connectivity index (χ1) is 11.9. The van der Waals surface area contributed by atoms with Crippen molar-refractivity contribution in [1.29, 1.82) is 0 Å². The highest BCUT2D eigenvalue weighted by atomic mass is 32.1. The number of guanidine groups is 1. The number of halogens is 3. The fourth-order valence-corrected chi connectivity index (χ4v) is 2.83. The number of aliphatic imine (C=N–C) groups is 1. The van der Waals surface area contributed by atoms with Crippen molar-refractivity contribution in [2.45, 2.75) is 32.8 Å². The number of thiazole rings is 1. The minimum Gasteiger partial charge on any atom is -0.405 e. The highest BCUT2D eigenvalue weighted by molar-refractivity contribution is 7.11. The summed E-state index contributed by atoms with van der Waals surface area (Å²) < 4.78 is 41.4. The van der Waals surface area contributed by atoms with Crippen LogP contribution in [-0.2, 0) is 19.5 Å². The maximum absolute atomic E-state index is 12.4. The fourth-order valence-electron chi connectivity index (χ4n) is 2.03. The fraction of sp³-hybridized carbons (Fsp3) is 0.375. The predicted octanol–water partition coefficient (Wildman–Crippen LogP) is 3.47. The molecular weight excluding hydrogens is 353 g/mol. The van der Waals surface area contributed by atoms with Crippen LogP contribution in [-0.4, -0.2) is 24.4 Å². The standard InChI is InChI=1S/C16H19F3N4OS/c1-3-12-9-21-14(25-12)10-23-15(20-2)22-8-11-6-4-5-7-13(11)24-16(17,18)19/h4-7,9H,3,8,10H2,1-2H3,(H2,20,22,23). The normalized spacial score (nSPS) is 12.1. The molecule has 0 fully saturated rings. The van der Waals surface area contributed by atoms with Crippen molar-refractivity contribution in [3.05, 3.63) is 45.9 Å². The van der Waals surface area contributed by atoms with E-state index in [1.807, 2.05) is 6.20 Å². The number of ether oxygens (including phenoxy) is 1. The molecule has 0 aliphatic carbocycles.